The van der Waals surface area contributed by atoms with E-state index in [4.69, 9.17) is 9.47 Å². The average Bonchev–Trinajstić information content (AvgIpc) is 2.66. The number of fused-ring (bicyclic) bond motifs is 2. The largest absolute Gasteiger partial charge is 0.445 e. The first-order valence-corrected chi connectivity index (χ1v) is 9.27. The Kier molecular flexibility index (Phi) is 4.85. The second-order valence-corrected chi connectivity index (χ2v) is 7.42. The van der Waals surface area contributed by atoms with Crippen molar-refractivity contribution < 1.29 is 19.4 Å². The van der Waals surface area contributed by atoms with Crippen LogP contribution in [-0.2, 0) is 21.7 Å². The summed E-state index contributed by atoms with van der Waals surface area (Å²) in [7, 11) is 0. The summed E-state index contributed by atoms with van der Waals surface area (Å²) >= 11 is 0. The van der Waals surface area contributed by atoms with Crippen molar-refractivity contribution in [3.63, 3.8) is 0 Å². The fourth-order valence-corrected chi connectivity index (χ4v) is 4.24. The molecular formula is C21H24N2O4. The number of ether oxygens (including phenoxy) is 2. The Morgan fingerprint density at radius 3 is 2.63 bits per heavy atom. The molecule has 6 nitrogen and oxygen atoms in total. The highest BCUT2D eigenvalue weighted by molar-refractivity contribution is 5.69. The Morgan fingerprint density at radius 2 is 1.96 bits per heavy atom. The van der Waals surface area contributed by atoms with Crippen LogP contribution in [0.15, 0.2) is 48.8 Å². The van der Waals surface area contributed by atoms with Gasteiger partial charge in [-0.05, 0) is 24.1 Å². The highest BCUT2D eigenvalue weighted by atomic mass is 16.6. The second-order valence-electron chi connectivity index (χ2n) is 7.42. The summed E-state index contributed by atoms with van der Waals surface area (Å²) in [6.07, 6.45) is 3.94. The van der Waals surface area contributed by atoms with Crippen molar-refractivity contribution >= 4 is 6.09 Å². The molecule has 6 heteroatoms. The number of carbonyl (C=O) groups is 1. The number of amides is 1. The molecule has 0 radical (unpaired) electrons. The van der Waals surface area contributed by atoms with E-state index in [1.807, 2.05) is 43.3 Å². The Balaban J connectivity index is 1.50. The monoisotopic (exact) mass is 368 g/mol. The standard InChI is InChI=1S/C21H24N2O4/c1-15-7-8-22-11-19(15)21(25)9-17-13-26-14-18(10-21)23(17)20(24)27-12-16-5-3-2-4-6-16/h2-8,11,17-18,25H,9-10,12-14H2,1H3. The number of benzene rings is 1. The maximum Gasteiger partial charge on any atom is 0.410 e. The summed E-state index contributed by atoms with van der Waals surface area (Å²) < 4.78 is 11.2. The van der Waals surface area contributed by atoms with Crippen molar-refractivity contribution in [2.24, 2.45) is 0 Å². The number of carbonyl (C=O) groups excluding carboxylic acids is 1. The summed E-state index contributed by atoms with van der Waals surface area (Å²) in [5, 5.41) is 11.4. The number of aromatic nitrogens is 1. The van der Waals surface area contributed by atoms with E-state index < -0.39 is 5.60 Å². The maximum absolute atomic E-state index is 12.8. The van der Waals surface area contributed by atoms with E-state index in [2.05, 4.69) is 4.98 Å². The molecule has 1 aromatic carbocycles. The lowest BCUT2D eigenvalue weighted by Gasteiger charge is -2.51. The number of hydrogen-bond donors (Lipinski definition) is 1. The summed E-state index contributed by atoms with van der Waals surface area (Å²) in [4.78, 5) is 18.7. The number of pyridine rings is 1. The third kappa shape index (κ3) is 3.55. The molecule has 2 aromatic rings. The van der Waals surface area contributed by atoms with E-state index in [9.17, 15) is 9.90 Å². The molecule has 2 saturated heterocycles. The van der Waals surface area contributed by atoms with Crippen LogP contribution in [0.3, 0.4) is 0 Å². The fourth-order valence-electron chi connectivity index (χ4n) is 4.24. The molecule has 3 heterocycles. The average molecular weight is 368 g/mol. The fraction of sp³-hybridized carbons (Fsp3) is 0.429. The molecule has 1 aromatic heterocycles. The Bertz CT molecular complexity index is 797. The van der Waals surface area contributed by atoms with Gasteiger partial charge in [-0.15, -0.1) is 0 Å². The van der Waals surface area contributed by atoms with Gasteiger partial charge in [-0.25, -0.2) is 4.79 Å². The summed E-state index contributed by atoms with van der Waals surface area (Å²) in [5.74, 6) is 0. The first-order chi connectivity index (χ1) is 13.1. The lowest BCUT2D eigenvalue weighted by Crippen LogP contribution is -2.62. The molecule has 1 N–H and O–H groups in total. The summed E-state index contributed by atoms with van der Waals surface area (Å²) in [6.45, 7) is 3.02. The van der Waals surface area contributed by atoms with Gasteiger partial charge >= 0.3 is 6.09 Å². The molecule has 27 heavy (non-hydrogen) atoms. The number of piperidine rings is 1. The molecule has 142 valence electrons. The first-order valence-electron chi connectivity index (χ1n) is 9.27. The minimum atomic E-state index is -1.01. The van der Waals surface area contributed by atoms with E-state index in [1.165, 1.54) is 0 Å². The van der Waals surface area contributed by atoms with Crippen molar-refractivity contribution in [2.75, 3.05) is 13.2 Å². The van der Waals surface area contributed by atoms with Gasteiger partial charge in [0, 0.05) is 30.8 Å². The van der Waals surface area contributed by atoms with E-state index in [0.29, 0.717) is 26.1 Å². The van der Waals surface area contributed by atoms with E-state index >= 15 is 0 Å². The molecule has 2 fully saturated rings. The molecular weight excluding hydrogens is 344 g/mol. The van der Waals surface area contributed by atoms with Crippen molar-refractivity contribution in [1.29, 1.82) is 0 Å². The number of aliphatic hydroxyl groups is 1. The molecule has 0 spiro atoms. The van der Waals surface area contributed by atoms with Crippen LogP contribution in [0.25, 0.3) is 0 Å². The SMILES string of the molecule is Cc1ccncc1C1(O)CC2COCC(C1)N2C(=O)OCc1ccccc1. The molecule has 2 aliphatic rings. The van der Waals surface area contributed by atoms with Gasteiger partial charge in [-0.3, -0.25) is 9.88 Å². The lowest BCUT2D eigenvalue weighted by atomic mass is 9.76. The van der Waals surface area contributed by atoms with Crippen molar-refractivity contribution in [1.82, 2.24) is 9.88 Å². The van der Waals surface area contributed by atoms with Gasteiger partial charge in [0.15, 0.2) is 0 Å². The molecule has 2 unspecified atom stereocenters. The third-order valence-corrected chi connectivity index (χ3v) is 5.51. The predicted molar refractivity (Wildman–Crippen MR) is 99.0 cm³/mol. The highest BCUT2D eigenvalue weighted by Crippen LogP contribution is 2.42. The molecule has 4 rings (SSSR count). The number of aryl methyl sites for hydroxylation is 1. The van der Waals surface area contributed by atoms with Crippen LogP contribution in [0.2, 0.25) is 0 Å². The van der Waals surface area contributed by atoms with Gasteiger partial charge < -0.3 is 14.6 Å². The van der Waals surface area contributed by atoms with Crippen LogP contribution < -0.4 is 0 Å². The zero-order valence-electron chi connectivity index (χ0n) is 15.4. The molecule has 2 bridgehead atoms. The first kappa shape index (κ1) is 17.9. The normalized spacial score (nSPS) is 27.3. The molecule has 2 aliphatic heterocycles. The highest BCUT2D eigenvalue weighted by Gasteiger charge is 2.49. The second kappa shape index (κ2) is 7.29. The van der Waals surface area contributed by atoms with Gasteiger partial charge in [-0.1, -0.05) is 30.3 Å². The summed E-state index contributed by atoms with van der Waals surface area (Å²) in [6, 6.07) is 11.1. The molecule has 0 saturated carbocycles. The van der Waals surface area contributed by atoms with E-state index in [1.54, 1.807) is 17.3 Å². The van der Waals surface area contributed by atoms with Crippen LogP contribution in [0.5, 0.6) is 0 Å². The van der Waals surface area contributed by atoms with Crippen LogP contribution in [0.1, 0.15) is 29.5 Å². The zero-order valence-corrected chi connectivity index (χ0v) is 15.4. The number of nitrogens with zero attached hydrogens (tertiary/aromatic N) is 2. The van der Waals surface area contributed by atoms with Crippen LogP contribution in [-0.4, -0.2) is 46.4 Å². The maximum atomic E-state index is 12.8. The predicted octanol–water partition coefficient (Wildman–Crippen LogP) is 2.78. The topological polar surface area (TPSA) is 71.9 Å². The van der Waals surface area contributed by atoms with Crippen molar-refractivity contribution in [3.05, 3.63) is 65.5 Å². The Labute approximate surface area is 158 Å². The smallest absolute Gasteiger partial charge is 0.410 e. The summed E-state index contributed by atoms with van der Waals surface area (Å²) in [5.41, 5.74) is 1.78. The number of morpholine rings is 1. The Hall–Kier alpha value is -2.44. The quantitative estimate of drug-likeness (QED) is 0.902. The van der Waals surface area contributed by atoms with E-state index in [-0.39, 0.29) is 24.8 Å². The van der Waals surface area contributed by atoms with E-state index in [0.717, 1.165) is 16.7 Å². The Morgan fingerprint density at radius 1 is 1.26 bits per heavy atom. The van der Waals surface area contributed by atoms with Gasteiger partial charge in [-0.2, -0.15) is 0 Å². The van der Waals surface area contributed by atoms with Gasteiger partial charge in [0.05, 0.1) is 30.9 Å². The van der Waals surface area contributed by atoms with Crippen molar-refractivity contribution in [3.8, 4) is 0 Å². The van der Waals surface area contributed by atoms with Crippen molar-refractivity contribution in [2.45, 2.75) is 44.1 Å². The minimum absolute atomic E-state index is 0.217. The molecule has 0 aliphatic carbocycles. The van der Waals surface area contributed by atoms with Crippen LogP contribution >= 0.6 is 0 Å². The van der Waals surface area contributed by atoms with Gasteiger partial charge in [0.2, 0.25) is 0 Å². The number of rotatable bonds is 3. The molecule has 2 atom stereocenters. The molecule has 1 amide bonds. The lowest BCUT2D eigenvalue weighted by molar-refractivity contribution is -0.137. The van der Waals surface area contributed by atoms with Gasteiger partial charge in [0.1, 0.15) is 6.61 Å². The van der Waals surface area contributed by atoms with Gasteiger partial charge in [0.25, 0.3) is 0 Å². The minimum Gasteiger partial charge on any atom is -0.445 e. The van der Waals surface area contributed by atoms with Crippen LogP contribution in [0, 0.1) is 6.92 Å². The zero-order chi connectivity index (χ0) is 18.9. The van der Waals surface area contributed by atoms with Crippen LogP contribution in [0.4, 0.5) is 4.79 Å². The third-order valence-electron chi connectivity index (χ3n) is 5.51. The number of hydrogen-bond acceptors (Lipinski definition) is 5.